The topological polar surface area (TPSA) is 83.1 Å². The minimum atomic E-state index is -0.144. The second kappa shape index (κ2) is 10.1. The van der Waals surface area contributed by atoms with E-state index in [1.165, 1.54) is 9.75 Å². The molecular weight excluding hydrogens is 374 g/mol. The summed E-state index contributed by atoms with van der Waals surface area (Å²) in [4.78, 5) is 28.0. The molecule has 3 aromatic heterocycles. The average molecular weight is 400 g/mol. The van der Waals surface area contributed by atoms with E-state index in [0.29, 0.717) is 37.7 Å². The third kappa shape index (κ3) is 6.26. The van der Waals surface area contributed by atoms with Crippen LogP contribution in [-0.2, 0) is 24.3 Å². The van der Waals surface area contributed by atoms with E-state index in [4.69, 9.17) is 4.74 Å². The maximum Gasteiger partial charge on any atom is 0.255 e. The lowest BCUT2D eigenvalue weighted by Gasteiger charge is -2.07. The van der Waals surface area contributed by atoms with E-state index in [1.807, 2.05) is 12.1 Å². The first-order valence-corrected chi connectivity index (χ1v) is 9.93. The van der Waals surface area contributed by atoms with E-state index in [0.717, 1.165) is 12.1 Å². The summed E-state index contributed by atoms with van der Waals surface area (Å²) >= 11 is 1.77. The van der Waals surface area contributed by atoms with Crippen molar-refractivity contribution in [2.24, 2.45) is 0 Å². The van der Waals surface area contributed by atoms with E-state index in [1.54, 1.807) is 29.9 Å². The number of pyridine rings is 1. The molecule has 3 aromatic rings. The van der Waals surface area contributed by atoms with Crippen molar-refractivity contribution in [3.8, 4) is 0 Å². The van der Waals surface area contributed by atoms with Crippen molar-refractivity contribution >= 4 is 17.3 Å². The van der Waals surface area contributed by atoms with Crippen LogP contribution < -0.4 is 10.9 Å². The summed E-state index contributed by atoms with van der Waals surface area (Å²) in [5.41, 5.74) is 1.45. The Morgan fingerprint density at radius 3 is 2.82 bits per heavy atom. The third-order valence-electron chi connectivity index (χ3n) is 3.96. The highest BCUT2D eigenvalue weighted by Crippen LogP contribution is 2.18. The van der Waals surface area contributed by atoms with Gasteiger partial charge in [-0.05, 0) is 37.9 Å². The maximum absolute atomic E-state index is 12.2. The Labute approximate surface area is 168 Å². The Morgan fingerprint density at radius 2 is 2.07 bits per heavy atom. The number of ether oxygens (including phenoxy) is 1. The first-order chi connectivity index (χ1) is 13.6. The van der Waals surface area contributed by atoms with Gasteiger partial charge in [-0.25, -0.2) is 4.98 Å². The molecule has 0 atom stereocenters. The lowest BCUT2D eigenvalue weighted by Crippen LogP contribution is -2.19. The molecule has 0 aromatic carbocycles. The number of aromatic nitrogens is 3. The number of rotatable bonds is 10. The van der Waals surface area contributed by atoms with Crippen molar-refractivity contribution in [2.75, 3.05) is 32.6 Å². The minimum absolute atomic E-state index is 0.144. The van der Waals surface area contributed by atoms with Crippen LogP contribution in [0.5, 0.6) is 0 Å². The van der Waals surface area contributed by atoms with Crippen LogP contribution in [0.2, 0.25) is 0 Å². The lowest BCUT2D eigenvalue weighted by molar-refractivity contribution is 0.132. The Kier molecular flexibility index (Phi) is 7.30. The summed E-state index contributed by atoms with van der Waals surface area (Å²) in [7, 11) is 4.12. The van der Waals surface area contributed by atoms with Gasteiger partial charge in [-0.3, -0.25) is 14.8 Å². The Balaban J connectivity index is 1.41. The first-order valence-electron chi connectivity index (χ1n) is 9.11. The monoisotopic (exact) mass is 399 g/mol. The molecule has 0 saturated heterocycles. The van der Waals surface area contributed by atoms with Crippen molar-refractivity contribution < 1.29 is 4.74 Å². The second-order valence-corrected chi connectivity index (χ2v) is 7.96. The number of hydrogen-bond donors (Lipinski definition) is 2. The van der Waals surface area contributed by atoms with Crippen molar-refractivity contribution in [1.82, 2.24) is 19.9 Å². The van der Waals surface area contributed by atoms with E-state index in [9.17, 15) is 4.79 Å². The van der Waals surface area contributed by atoms with Crippen LogP contribution >= 0.6 is 11.3 Å². The van der Waals surface area contributed by atoms with Gasteiger partial charge in [-0.1, -0.05) is 6.07 Å². The van der Waals surface area contributed by atoms with Crippen LogP contribution in [0.3, 0.4) is 0 Å². The fourth-order valence-electron chi connectivity index (χ4n) is 2.67. The van der Waals surface area contributed by atoms with Gasteiger partial charge >= 0.3 is 0 Å². The van der Waals surface area contributed by atoms with Gasteiger partial charge in [0, 0.05) is 53.4 Å². The zero-order valence-corrected chi connectivity index (χ0v) is 17.0. The van der Waals surface area contributed by atoms with Gasteiger partial charge in [0.2, 0.25) is 5.95 Å². The first kappa shape index (κ1) is 20.2. The van der Waals surface area contributed by atoms with E-state index in [2.05, 4.69) is 51.4 Å². The third-order valence-corrected chi connectivity index (χ3v) is 5.01. The molecular formula is C20H25N5O2S. The largest absolute Gasteiger partial charge is 0.374 e. The molecule has 0 fully saturated rings. The molecule has 0 aliphatic carbocycles. The van der Waals surface area contributed by atoms with E-state index < -0.39 is 0 Å². The molecule has 7 nitrogen and oxygen atoms in total. The smallest absolute Gasteiger partial charge is 0.255 e. The zero-order chi connectivity index (χ0) is 19.8. The highest BCUT2D eigenvalue weighted by atomic mass is 32.1. The van der Waals surface area contributed by atoms with Crippen molar-refractivity contribution in [3.63, 3.8) is 0 Å². The van der Waals surface area contributed by atoms with Crippen molar-refractivity contribution in [1.29, 1.82) is 0 Å². The molecule has 2 N–H and O–H groups in total. The molecule has 148 valence electrons. The lowest BCUT2D eigenvalue weighted by atomic mass is 10.1. The summed E-state index contributed by atoms with van der Waals surface area (Å²) in [5, 5.41) is 3.09. The van der Waals surface area contributed by atoms with Gasteiger partial charge in [0.05, 0.1) is 13.2 Å². The average Bonchev–Trinajstić information content (AvgIpc) is 3.11. The molecule has 28 heavy (non-hydrogen) atoms. The fraction of sp³-hybridized carbons (Fsp3) is 0.350. The summed E-state index contributed by atoms with van der Waals surface area (Å²) in [6.45, 7) is 2.64. The number of H-pyrrole nitrogens is 1. The maximum atomic E-state index is 12.2. The summed E-state index contributed by atoms with van der Waals surface area (Å²) in [5.74, 6) is 0.452. The number of nitrogens with one attached hydrogen (secondary N) is 2. The number of anilines is 1. The molecule has 0 saturated carbocycles. The predicted molar refractivity (Wildman–Crippen MR) is 112 cm³/mol. The van der Waals surface area contributed by atoms with Crippen molar-refractivity contribution in [2.45, 2.75) is 19.6 Å². The molecule has 0 bridgehead atoms. The van der Waals surface area contributed by atoms with Crippen molar-refractivity contribution in [3.05, 3.63) is 74.1 Å². The molecule has 0 amide bonds. The van der Waals surface area contributed by atoms with Crippen LogP contribution in [0.1, 0.15) is 20.9 Å². The highest BCUT2D eigenvalue weighted by Gasteiger charge is 2.05. The predicted octanol–water partition coefficient (Wildman–Crippen LogP) is 2.51. The Hall–Kier alpha value is -2.55. The molecule has 0 radical (unpaired) electrons. The van der Waals surface area contributed by atoms with E-state index >= 15 is 0 Å². The van der Waals surface area contributed by atoms with Crippen LogP contribution in [-0.4, -0.2) is 47.1 Å². The summed E-state index contributed by atoms with van der Waals surface area (Å²) < 4.78 is 5.70. The van der Waals surface area contributed by atoms with Gasteiger partial charge in [-0.2, -0.15) is 0 Å². The van der Waals surface area contributed by atoms with Crippen LogP contribution in [0.4, 0.5) is 5.95 Å². The molecule has 0 unspecified atom stereocenters. The minimum Gasteiger partial charge on any atom is -0.374 e. The SMILES string of the molecule is CN(C)Cc1ccc(COCCNc2ncc(Cc3cccnc3)c(=O)[nH]2)s1. The number of aromatic amines is 1. The molecule has 3 rings (SSSR count). The second-order valence-electron chi connectivity index (χ2n) is 6.71. The van der Waals surface area contributed by atoms with E-state index in [-0.39, 0.29) is 5.56 Å². The highest BCUT2D eigenvalue weighted by molar-refractivity contribution is 7.11. The summed E-state index contributed by atoms with van der Waals surface area (Å²) in [6.07, 6.45) is 5.57. The standard InChI is InChI=1S/C20H25N5O2S/c1-25(2)13-17-5-6-18(28-17)14-27-9-8-22-20-23-12-16(19(26)24-20)10-15-4-3-7-21-11-15/h3-7,11-12H,8-10,13-14H2,1-2H3,(H2,22,23,24,26). The molecule has 0 aliphatic heterocycles. The van der Waals surface area contributed by atoms with Crippen LogP contribution in [0.15, 0.2) is 47.7 Å². The summed E-state index contributed by atoms with van der Waals surface area (Å²) in [6, 6.07) is 8.04. The molecule has 3 heterocycles. The van der Waals surface area contributed by atoms with Gasteiger partial charge < -0.3 is 15.0 Å². The zero-order valence-electron chi connectivity index (χ0n) is 16.1. The number of nitrogens with zero attached hydrogens (tertiary/aromatic N) is 3. The van der Waals surface area contributed by atoms with Gasteiger partial charge in [-0.15, -0.1) is 11.3 Å². The van der Waals surface area contributed by atoms with Gasteiger partial charge in [0.15, 0.2) is 0 Å². The molecule has 8 heteroatoms. The molecule has 0 aliphatic rings. The Morgan fingerprint density at radius 1 is 1.21 bits per heavy atom. The number of thiophene rings is 1. The number of hydrogen-bond acceptors (Lipinski definition) is 7. The van der Waals surface area contributed by atoms with Crippen LogP contribution in [0, 0.1) is 0 Å². The Bertz CT molecular complexity index is 924. The van der Waals surface area contributed by atoms with Gasteiger partial charge in [0.1, 0.15) is 0 Å². The normalized spacial score (nSPS) is 11.1. The molecule has 0 spiro atoms. The quantitative estimate of drug-likeness (QED) is 0.510. The fourth-order valence-corrected chi connectivity index (χ4v) is 3.74. The van der Waals surface area contributed by atoms with Gasteiger partial charge in [0.25, 0.3) is 5.56 Å². The van der Waals surface area contributed by atoms with Crippen LogP contribution in [0.25, 0.3) is 0 Å².